The van der Waals surface area contributed by atoms with Gasteiger partial charge in [-0.15, -0.1) is 5.11 Å². The molecule has 8 heteroatoms. The van der Waals surface area contributed by atoms with Crippen molar-refractivity contribution in [3.63, 3.8) is 0 Å². The SMILES string of the molecule is CN(CCS(=O)(=O)O)N=Nc1ccccc1F. The molecule has 0 aliphatic rings. The van der Waals surface area contributed by atoms with Gasteiger partial charge in [-0.25, -0.2) is 4.39 Å². The van der Waals surface area contributed by atoms with Gasteiger partial charge in [-0.1, -0.05) is 17.4 Å². The van der Waals surface area contributed by atoms with Gasteiger partial charge >= 0.3 is 0 Å². The standard InChI is InChI=1S/C9H12FN3O3S/c1-13(6-7-17(14,15)16)12-11-9-5-3-2-4-8(9)10/h2-5H,6-7H2,1H3,(H,14,15,16). The predicted octanol–water partition coefficient (Wildman–Crippen LogP) is 1.64. The highest BCUT2D eigenvalue weighted by Gasteiger charge is 2.06. The molecule has 6 nitrogen and oxygen atoms in total. The Hall–Kier alpha value is -1.54. The van der Waals surface area contributed by atoms with Crippen LogP contribution in [-0.2, 0) is 10.1 Å². The minimum Gasteiger partial charge on any atom is -0.285 e. The van der Waals surface area contributed by atoms with Crippen molar-refractivity contribution in [1.29, 1.82) is 0 Å². The van der Waals surface area contributed by atoms with Crippen molar-refractivity contribution in [2.45, 2.75) is 0 Å². The quantitative estimate of drug-likeness (QED) is 0.496. The molecule has 1 aromatic rings. The Bertz CT molecular complexity index is 504. The smallest absolute Gasteiger partial charge is 0.266 e. The molecule has 0 amide bonds. The molecule has 0 unspecified atom stereocenters. The fraction of sp³-hybridized carbons (Fsp3) is 0.333. The van der Waals surface area contributed by atoms with Crippen LogP contribution in [0.15, 0.2) is 34.6 Å². The summed E-state index contributed by atoms with van der Waals surface area (Å²) in [5.74, 6) is -0.973. The average Bonchev–Trinajstić information content (AvgIpc) is 2.24. The number of hydrogen-bond donors (Lipinski definition) is 1. The van der Waals surface area contributed by atoms with Crippen molar-refractivity contribution in [2.75, 3.05) is 19.3 Å². The Balaban J connectivity index is 2.57. The zero-order chi connectivity index (χ0) is 12.9. The first-order chi connectivity index (χ1) is 7.88. The Morgan fingerprint density at radius 3 is 2.65 bits per heavy atom. The van der Waals surface area contributed by atoms with Crippen molar-refractivity contribution >= 4 is 15.8 Å². The summed E-state index contributed by atoms with van der Waals surface area (Å²) in [6.45, 7) is -0.0310. The molecule has 0 saturated heterocycles. The molecule has 0 aliphatic heterocycles. The highest BCUT2D eigenvalue weighted by Crippen LogP contribution is 2.16. The van der Waals surface area contributed by atoms with E-state index in [1.807, 2.05) is 0 Å². The Kier molecular flexibility index (Phi) is 4.53. The molecule has 0 aromatic heterocycles. The molecule has 1 aromatic carbocycles. The van der Waals surface area contributed by atoms with Gasteiger partial charge in [-0.2, -0.15) is 8.42 Å². The third-order valence-electron chi connectivity index (χ3n) is 1.83. The van der Waals surface area contributed by atoms with E-state index < -0.39 is 21.7 Å². The van der Waals surface area contributed by atoms with E-state index in [0.29, 0.717) is 0 Å². The highest BCUT2D eigenvalue weighted by atomic mass is 32.2. The van der Waals surface area contributed by atoms with Crippen molar-refractivity contribution < 1.29 is 17.4 Å². The van der Waals surface area contributed by atoms with Gasteiger partial charge in [0.2, 0.25) is 0 Å². The zero-order valence-electron chi connectivity index (χ0n) is 9.12. The summed E-state index contributed by atoms with van der Waals surface area (Å²) in [6.07, 6.45) is 0. The fourth-order valence-corrected chi connectivity index (χ4v) is 1.44. The molecule has 1 N–H and O–H groups in total. The lowest BCUT2D eigenvalue weighted by atomic mass is 10.3. The lowest BCUT2D eigenvalue weighted by Crippen LogP contribution is -2.20. The second kappa shape index (κ2) is 5.69. The van der Waals surface area contributed by atoms with E-state index in [1.54, 1.807) is 6.07 Å². The Morgan fingerprint density at radius 1 is 1.41 bits per heavy atom. The van der Waals surface area contributed by atoms with Crippen LogP contribution in [-0.4, -0.2) is 37.3 Å². The van der Waals surface area contributed by atoms with Gasteiger partial charge in [0.1, 0.15) is 5.69 Å². The van der Waals surface area contributed by atoms with E-state index in [1.165, 1.54) is 30.3 Å². The number of rotatable bonds is 5. The van der Waals surface area contributed by atoms with Crippen LogP contribution in [0.1, 0.15) is 0 Å². The fourth-order valence-electron chi connectivity index (χ4n) is 0.950. The molecule has 0 atom stereocenters. The lowest BCUT2D eigenvalue weighted by molar-refractivity contribution is 0.346. The monoisotopic (exact) mass is 261 g/mol. The molecule has 1 rings (SSSR count). The molecular weight excluding hydrogens is 249 g/mol. The van der Waals surface area contributed by atoms with Gasteiger partial charge in [0.15, 0.2) is 5.82 Å². The second-order valence-electron chi connectivity index (χ2n) is 3.31. The summed E-state index contributed by atoms with van der Waals surface area (Å²) in [4.78, 5) is 0. The number of halogens is 1. The van der Waals surface area contributed by atoms with Crippen LogP contribution in [0.25, 0.3) is 0 Å². The summed E-state index contributed by atoms with van der Waals surface area (Å²) in [7, 11) is -2.56. The maximum atomic E-state index is 13.1. The molecular formula is C9H12FN3O3S. The summed E-state index contributed by atoms with van der Waals surface area (Å²) >= 11 is 0. The topological polar surface area (TPSA) is 82.3 Å². The average molecular weight is 261 g/mol. The van der Waals surface area contributed by atoms with E-state index in [0.717, 1.165) is 0 Å². The minimum absolute atomic E-state index is 0.0310. The molecule has 17 heavy (non-hydrogen) atoms. The first-order valence-electron chi connectivity index (χ1n) is 4.71. The third-order valence-corrected chi connectivity index (χ3v) is 2.53. The van der Waals surface area contributed by atoms with Crippen LogP contribution in [0.3, 0.4) is 0 Å². The number of nitrogens with zero attached hydrogens (tertiary/aromatic N) is 3. The van der Waals surface area contributed by atoms with Crippen molar-refractivity contribution in [1.82, 2.24) is 5.01 Å². The van der Waals surface area contributed by atoms with E-state index in [2.05, 4.69) is 10.3 Å². The van der Waals surface area contributed by atoms with Gasteiger partial charge in [0.25, 0.3) is 10.1 Å². The van der Waals surface area contributed by atoms with Crippen LogP contribution in [0, 0.1) is 5.82 Å². The first-order valence-corrected chi connectivity index (χ1v) is 6.32. The van der Waals surface area contributed by atoms with E-state index in [-0.39, 0.29) is 12.2 Å². The summed E-state index contributed by atoms with van der Waals surface area (Å²) in [5, 5.41) is 8.40. The zero-order valence-corrected chi connectivity index (χ0v) is 9.93. The molecule has 0 bridgehead atoms. The molecule has 0 aliphatic carbocycles. The second-order valence-corrected chi connectivity index (χ2v) is 4.88. The Labute approximate surface area is 98.5 Å². The normalized spacial score (nSPS) is 11.9. The van der Waals surface area contributed by atoms with Gasteiger partial charge in [-0.05, 0) is 12.1 Å². The van der Waals surface area contributed by atoms with Crippen LogP contribution in [0.2, 0.25) is 0 Å². The van der Waals surface area contributed by atoms with E-state index >= 15 is 0 Å². The van der Waals surface area contributed by atoms with E-state index in [4.69, 9.17) is 4.55 Å². The maximum Gasteiger partial charge on any atom is 0.266 e. The third kappa shape index (κ3) is 5.36. The largest absolute Gasteiger partial charge is 0.285 e. The maximum absolute atomic E-state index is 13.1. The molecule has 94 valence electrons. The summed E-state index contributed by atoms with van der Waals surface area (Å²) < 4.78 is 42.5. The van der Waals surface area contributed by atoms with Crippen LogP contribution >= 0.6 is 0 Å². The first kappa shape index (κ1) is 13.5. The van der Waals surface area contributed by atoms with Gasteiger partial charge < -0.3 is 0 Å². The lowest BCUT2D eigenvalue weighted by Gasteiger charge is -2.09. The van der Waals surface area contributed by atoms with Crippen molar-refractivity contribution in [3.05, 3.63) is 30.1 Å². The van der Waals surface area contributed by atoms with Gasteiger partial charge in [-0.3, -0.25) is 9.56 Å². The summed E-state index contributed by atoms with van der Waals surface area (Å²) in [6, 6.07) is 5.81. The van der Waals surface area contributed by atoms with Crippen molar-refractivity contribution in [2.24, 2.45) is 10.3 Å². The van der Waals surface area contributed by atoms with Crippen LogP contribution in [0.5, 0.6) is 0 Å². The molecule has 0 heterocycles. The van der Waals surface area contributed by atoms with Crippen molar-refractivity contribution in [3.8, 4) is 0 Å². The number of hydrogen-bond acceptors (Lipinski definition) is 4. The molecule has 0 fully saturated rings. The molecule has 0 spiro atoms. The summed E-state index contributed by atoms with van der Waals surface area (Å²) in [5.41, 5.74) is 0.0613. The van der Waals surface area contributed by atoms with Gasteiger partial charge in [0, 0.05) is 7.05 Å². The predicted molar refractivity (Wildman–Crippen MR) is 60.0 cm³/mol. The number of benzene rings is 1. The van der Waals surface area contributed by atoms with Gasteiger partial charge in [0.05, 0.1) is 12.3 Å². The highest BCUT2D eigenvalue weighted by molar-refractivity contribution is 7.85. The molecule has 0 saturated carbocycles. The Morgan fingerprint density at radius 2 is 2.06 bits per heavy atom. The van der Waals surface area contributed by atoms with Crippen LogP contribution in [0.4, 0.5) is 10.1 Å². The minimum atomic E-state index is -4.03. The molecule has 0 radical (unpaired) electrons. The van der Waals surface area contributed by atoms with E-state index in [9.17, 15) is 12.8 Å². The van der Waals surface area contributed by atoms with Crippen LogP contribution < -0.4 is 0 Å².